The highest BCUT2D eigenvalue weighted by Gasteiger charge is 2.26. The molecule has 0 bridgehead atoms. The quantitative estimate of drug-likeness (QED) is 0.856. The Kier molecular flexibility index (Phi) is 4.83. The van der Waals surface area contributed by atoms with Crippen LogP contribution in [0.3, 0.4) is 0 Å². The second-order valence-electron chi connectivity index (χ2n) is 5.45. The summed E-state index contributed by atoms with van der Waals surface area (Å²) in [5.41, 5.74) is 2.62. The van der Waals surface area contributed by atoms with Gasteiger partial charge in [0.1, 0.15) is 5.75 Å². The molecule has 1 N–H and O–H groups in total. The Morgan fingerprint density at radius 2 is 2.16 bits per heavy atom. The molecular weight excluding hydrogens is 238 g/mol. The van der Waals surface area contributed by atoms with Crippen LogP contribution in [0.25, 0.3) is 0 Å². The summed E-state index contributed by atoms with van der Waals surface area (Å²) in [6, 6.07) is 6.76. The number of likely N-dealkylation sites (N-methyl/N-ethyl adjacent to an activating group) is 1. The molecule has 0 radical (unpaired) electrons. The average molecular weight is 263 g/mol. The molecule has 0 fully saturated rings. The smallest absolute Gasteiger partial charge is 0.122 e. The minimum atomic E-state index is 0.181. The summed E-state index contributed by atoms with van der Waals surface area (Å²) in [4.78, 5) is 0. The summed E-state index contributed by atoms with van der Waals surface area (Å²) in [6.07, 6.45) is 1.20. The standard InChI is InChI=1S/C16H25NO2/c1-5-17-15(16(18-4)11(2)3)13-6-7-14-12(10-13)8-9-19-14/h6-7,10-11,15-17H,5,8-9H2,1-4H3. The number of ether oxygens (including phenoxy) is 2. The zero-order valence-electron chi connectivity index (χ0n) is 12.4. The molecule has 3 heteroatoms. The van der Waals surface area contributed by atoms with E-state index < -0.39 is 0 Å². The number of nitrogens with one attached hydrogen (secondary N) is 1. The van der Waals surface area contributed by atoms with Crippen LogP contribution in [-0.4, -0.2) is 26.4 Å². The SMILES string of the molecule is CCNC(c1ccc2c(c1)CCO2)C(OC)C(C)C. The second-order valence-corrected chi connectivity index (χ2v) is 5.45. The van der Waals surface area contributed by atoms with Gasteiger partial charge in [-0.25, -0.2) is 0 Å². The minimum absolute atomic E-state index is 0.181. The van der Waals surface area contributed by atoms with E-state index in [0.717, 1.165) is 25.3 Å². The topological polar surface area (TPSA) is 30.5 Å². The van der Waals surface area contributed by atoms with E-state index in [9.17, 15) is 0 Å². The highest BCUT2D eigenvalue weighted by atomic mass is 16.5. The summed E-state index contributed by atoms with van der Waals surface area (Å²) in [5.74, 6) is 1.51. The number of benzene rings is 1. The lowest BCUT2D eigenvalue weighted by molar-refractivity contribution is 0.0331. The second kappa shape index (κ2) is 6.40. The molecule has 3 nitrogen and oxygen atoms in total. The van der Waals surface area contributed by atoms with Crippen molar-refractivity contribution in [3.8, 4) is 5.75 Å². The van der Waals surface area contributed by atoms with Crippen LogP contribution in [0, 0.1) is 5.92 Å². The fourth-order valence-corrected chi connectivity index (χ4v) is 2.84. The van der Waals surface area contributed by atoms with Crippen LogP contribution in [0.5, 0.6) is 5.75 Å². The maximum atomic E-state index is 5.71. The number of fused-ring (bicyclic) bond motifs is 1. The van der Waals surface area contributed by atoms with Crippen LogP contribution in [0.15, 0.2) is 18.2 Å². The van der Waals surface area contributed by atoms with E-state index in [4.69, 9.17) is 9.47 Å². The molecule has 2 atom stereocenters. The Bertz CT molecular complexity index is 417. The van der Waals surface area contributed by atoms with Gasteiger partial charge in [-0.05, 0) is 29.7 Å². The molecule has 19 heavy (non-hydrogen) atoms. The first-order valence-corrected chi connectivity index (χ1v) is 7.19. The van der Waals surface area contributed by atoms with Gasteiger partial charge < -0.3 is 14.8 Å². The van der Waals surface area contributed by atoms with Gasteiger partial charge >= 0.3 is 0 Å². The molecule has 1 aliphatic rings. The van der Waals surface area contributed by atoms with Gasteiger partial charge in [-0.1, -0.05) is 32.9 Å². The van der Waals surface area contributed by atoms with E-state index in [2.05, 4.69) is 44.3 Å². The van der Waals surface area contributed by atoms with Crippen molar-refractivity contribution in [3.63, 3.8) is 0 Å². The van der Waals surface area contributed by atoms with Crippen LogP contribution in [-0.2, 0) is 11.2 Å². The molecule has 106 valence electrons. The number of hydrogen-bond donors (Lipinski definition) is 1. The lowest BCUT2D eigenvalue weighted by atomic mass is 9.92. The summed E-state index contributed by atoms with van der Waals surface area (Å²) in [5, 5.41) is 3.56. The Hall–Kier alpha value is -1.06. The number of rotatable bonds is 6. The molecule has 0 amide bonds. The number of hydrogen-bond acceptors (Lipinski definition) is 3. The molecule has 0 aliphatic carbocycles. The van der Waals surface area contributed by atoms with E-state index in [1.807, 2.05) is 0 Å². The van der Waals surface area contributed by atoms with Gasteiger partial charge in [-0.3, -0.25) is 0 Å². The summed E-state index contributed by atoms with van der Waals surface area (Å²) in [7, 11) is 1.80. The fraction of sp³-hybridized carbons (Fsp3) is 0.625. The van der Waals surface area contributed by atoms with Crippen molar-refractivity contribution in [3.05, 3.63) is 29.3 Å². The third-order valence-electron chi connectivity index (χ3n) is 3.75. The van der Waals surface area contributed by atoms with Crippen molar-refractivity contribution in [2.24, 2.45) is 5.92 Å². The van der Waals surface area contributed by atoms with Crippen LogP contribution in [0.2, 0.25) is 0 Å². The van der Waals surface area contributed by atoms with E-state index in [1.165, 1.54) is 11.1 Å². The van der Waals surface area contributed by atoms with Gasteiger partial charge in [-0.2, -0.15) is 0 Å². The highest BCUT2D eigenvalue weighted by Crippen LogP contribution is 2.31. The zero-order valence-corrected chi connectivity index (χ0v) is 12.4. The van der Waals surface area contributed by atoms with Gasteiger partial charge in [0.15, 0.2) is 0 Å². The predicted octanol–water partition coefficient (Wildman–Crippen LogP) is 2.94. The molecule has 1 aromatic carbocycles. The molecule has 0 spiro atoms. The summed E-state index contributed by atoms with van der Waals surface area (Å²) in [6.45, 7) is 8.29. The Balaban J connectivity index is 2.27. The molecule has 1 aliphatic heterocycles. The third-order valence-corrected chi connectivity index (χ3v) is 3.75. The lowest BCUT2D eigenvalue weighted by Crippen LogP contribution is -2.36. The first-order chi connectivity index (χ1) is 9.17. The maximum absolute atomic E-state index is 5.71. The summed E-state index contributed by atoms with van der Waals surface area (Å²) >= 11 is 0. The zero-order chi connectivity index (χ0) is 13.8. The normalized spacial score (nSPS) is 17.1. The van der Waals surface area contributed by atoms with Crippen LogP contribution >= 0.6 is 0 Å². The number of methoxy groups -OCH3 is 1. The van der Waals surface area contributed by atoms with Crippen molar-refractivity contribution in [2.45, 2.75) is 39.3 Å². The fourth-order valence-electron chi connectivity index (χ4n) is 2.84. The van der Waals surface area contributed by atoms with Gasteiger partial charge in [0.05, 0.1) is 18.8 Å². The van der Waals surface area contributed by atoms with Crippen molar-refractivity contribution in [2.75, 3.05) is 20.3 Å². The van der Waals surface area contributed by atoms with Crippen molar-refractivity contribution in [1.82, 2.24) is 5.32 Å². The van der Waals surface area contributed by atoms with Gasteiger partial charge in [0.25, 0.3) is 0 Å². The first-order valence-electron chi connectivity index (χ1n) is 7.19. The van der Waals surface area contributed by atoms with E-state index >= 15 is 0 Å². The predicted molar refractivity (Wildman–Crippen MR) is 77.7 cm³/mol. The molecule has 1 aromatic rings. The third kappa shape index (κ3) is 3.10. The Labute approximate surface area is 116 Å². The molecule has 2 rings (SSSR count). The van der Waals surface area contributed by atoms with Gasteiger partial charge in [0.2, 0.25) is 0 Å². The van der Waals surface area contributed by atoms with Crippen molar-refractivity contribution >= 4 is 0 Å². The van der Waals surface area contributed by atoms with E-state index in [-0.39, 0.29) is 12.1 Å². The molecule has 1 heterocycles. The van der Waals surface area contributed by atoms with E-state index in [1.54, 1.807) is 7.11 Å². The van der Waals surface area contributed by atoms with Crippen LogP contribution < -0.4 is 10.1 Å². The van der Waals surface area contributed by atoms with E-state index in [0.29, 0.717) is 5.92 Å². The van der Waals surface area contributed by atoms with Crippen LogP contribution in [0.1, 0.15) is 37.9 Å². The molecule has 0 saturated carbocycles. The maximum Gasteiger partial charge on any atom is 0.122 e. The Morgan fingerprint density at radius 3 is 2.79 bits per heavy atom. The monoisotopic (exact) mass is 263 g/mol. The first kappa shape index (κ1) is 14.4. The van der Waals surface area contributed by atoms with Crippen LogP contribution in [0.4, 0.5) is 0 Å². The average Bonchev–Trinajstić information content (AvgIpc) is 2.85. The minimum Gasteiger partial charge on any atom is -0.493 e. The lowest BCUT2D eigenvalue weighted by Gasteiger charge is -2.30. The molecule has 0 aromatic heterocycles. The summed E-state index contributed by atoms with van der Waals surface area (Å²) < 4.78 is 11.3. The molecular formula is C16H25NO2. The molecule has 2 unspecified atom stereocenters. The van der Waals surface area contributed by atoms with Gasteiger partial charge in [0, 0.05) is 13.5 Å². The van der Waals surface area contributed by atoms with Crippen molar-refractivity contribution in [1.29, 1.82) is 0 Å². The Morgan fingerprint density at radius 1 is 1.37 bits per heavy atom. The van der Waals surface area contributed by atoms with Gasteiger partial charge in [-0.15, -0.1) is 0 Å². The van der Waals surface area contributed by atoms with Crippen molar-refractivity contribution < 1.29 is 9.47 Å². The molecule has 0 saturated heterocycles. The largest absolute Gasteiger partial charge is 0.493 e. The highest BCUT2D eigenvalue weighted by molar-refractivity contribution is 5.41.